The number of nitrogens with two attached hydrogens (primary N) is 1. The molecular formula is C12H23N3O2. The van der Waals surface area contributed by atoms with Gasteiger partial charge in [0.05, 0.1) is 6.04 Å². The highest BCUT2D eigenvalue weighted by atomic mass is 16.5. The van der Waals surface area contributed by atoms with Crippen LogP contribution in [0.25, 0.3) is 0 Å². The molecule has 0 aliphatic rings. The predicted molar refractivity (Wildman–Crippen MR) is 65.3 cm³/mol. The molecule has 1 heterocycles. The molecule has 5 heteroatoms. The Morgan fingerprint density at radius 3 is 2.59 bits per heavy atom. The molecule has 0 spiro atoms. The molecule has 0 fully saturated rings. The lowest BCUT2D eigenvalue weighted by Crippen LogP contribution is -2.25. The number of aromatic nitrogens is 2. The first kappa shape index (κ1) is 14.1. The van der Waals surface area contributed by atoms with E-state index in [-0.39, 0.29) is 6.04 Å². The zero-order valence-corrected chi connectivity index (χ0v) is 11.4. The average molecular weight is 241 g/mol. The van der Waals surface area contributed by atoms with Crippen LogP contribution in [-0.2, 0) is 10.3 Å². The van der Waals surface area contributed by atoms with Gasteiger partial charge >= 0.3 is 0 Å². The molecular weight excluding hydrogens is 218 g/mol. The summed E-state index contributed by atoms with van der Waals surface area (Å²) >= 11 is 0. The Bertz CT molecular complexity index is 347. The van der Waals surface area contributed by atoms with Gasteiger partial charge in [0.25, 0.3) is 0 Å². The van der Waals surface area contributed by atoms with Gasteiger partial charge in [0.2, 0.25) is 11.7 Å². The smallest absolute Gasteiger partial charge is 0.243 e. The van der Waals surface area contributed by atoms with Gasteiger partial charge in [-0.15, -0.1) is 0 Å². The molecule has 0 aliphatic carbocycles. The second-order valence-corrected chi connectivity index (χ2v) is 4.66. The molecule has 0 aromatic carbocycles. The van der Waals surface area contributed by atoms with Crippen LogP contribution < -0.4 is 5.73 Å². The van der Waals surface area contributed by atoms with E-state index in [1.54, 1.807) is 7.11 Å². The highest BCUT2D eigenvalue weighted by Gasteiger charge is 2.31. The molecule has 2 N–H and O–H groups in total. The van der Waals surface area contributed by atoms with E-state index in [0.29, 0.717) is 17.6 Å². The molecule has 1 rings (SSSR count). The average Bonchev–Trinajstić information content (AvgIpc) is 2.85. The third kappa shape index (κ3) is 2.84. The van der Waals surface area contributed by atoms with E-state index in [1.165, 1.54) is 0 Å². The summed E-state index contributed by atoms with van der Waals surface area (Å²) in [6.45, 7) is 8.13. The van der Waals surface area contributed by atoms with Gasteiger partial charge in [0, 0.05) is 7.11 Å². The third-order valence-electron chi connectivity index (χ3n) is 3.58. The fraction of sp³-hybridized carbons (Fsp3) is 0.833. The minimum absolute atomic E-state index is 0.209. The Balaban J connectivity index is 2.91. The monoisotopic (exact) mass is 241 g/mol. The van der Waals surface area contributed by atoms with Crippen LogP contribution in [0, 0.1) is 5.92 Å². The molecule has 1 unspecified atom stereocenters. The Morgan fingerprint density at radius 1 is 1.47 bits per heavy atom. The van der Waals surface area contributed by atoms with Crippen molar-refractivity contribution in [2.24, 2.45) is 11.7 Å². The summed E-state index contributed by atoms with van der Waals surface area (Å²) in [7, 11) is 1.65. The highest BCUT2D eigenvalue weighted by Crippen LogP contribution is 2.28. The van der Waals surface area contributed by atoms with Gasteiger partial charge < -0.3 is 15.0 Å². The van der Waals surface area contributed by atoms with Crippen molar-refractivity contribution >= 4 is 0 Å². The molecule has 3 atom stereocenters. The Labute approximate surface area is 103 Å². The number of hydrogen-bond donors (Lipinski definition) is 1. The predicted octanol–water partition coefficient (Wildman–Crippen LogP) is 2.39. The number of ether oxygens (including phenoxy) is 1. The lowest BCUT2D eigenvalue weighted by molar-refractivity contribution is -0.0106. The summed E-state index contributed by atoms with van der Waals surface area (Å²) in [6, 6.07) is -0.209. The molecule has 0 bridgehead atoms. The quantitative estimate of drug-likeness (QED) is 0.827. The third-order valence-corrected chi connectivity index (χ3v) is 3.58. The van der Waals surface area contributed by atoms with Crippen molar-refractivity contribution in [3.05, 3.63) is 11.7 Å². The van der Waals surface area contributed by atoms with E-state index in [0.717, 1.165) is 12.8 Å². The standard InChI is InChI=1S/C12H23N3O2/c1-6-8(3)9(13)10-14-11(15-17-10)12(4,7-2)16-5/h8-9H,6-7,13H2,1-5H3/t8-,9-,12?/m0/s1. The first-order valence-corrected chi connectivity index (χ1v) is 6.13. The van der Waals surface area contributed by atoms with Crippen molar-refractivity contribution in [1.29, 1.82) is 0 Å². The highest BCUT2D eigenvalue weighted by molar-refractivity contribution is 5.01. The Hall–Kier alpha value is -0.940. The summed E-state index contributed by atoms with van der Waals surface area (Å²) in [5.41, 5.74) is 5.55. The molecule has 98 valence electrons. The molecule has 0 aliphatic heterocycles. The van der Waals surface area contributed by atoms with Gasteiger partial charge in [-0.1, -0.05) is 32.3 Å². The van der Waals surface area contributed by atoms with Crippen LogP contribution in [0.2, 0.25) is 0 Å². The van der Waals surface area contributed by atoms with Crippen LogP contribution in [0.3, 0.4) is 0 Å². The van der Waals surface area contributed by atoms with Gasteiger partial charge in [-0.05, 0) is 19.3 Å². The number of nitrogens with zero attached hydrogens (tertiary/aromatic N) is 2. The summed E-state index contributed by atoms with van der Waals surface area (Å²) < 4.78 is 10.7. The Kier molecular flexibility index (Phi) is 4.65. The van der Waals surface area contributed by atoms with Crippen LogP contribution in [0.4, 0.5) is 0 Å². The zero-order valence-electron chi connectivity index (χ0n) is 11.4. The zero-order chi connectivity index (χ0) is 13.1. The van der Waals surface area contributed by atoms with Crippen molar-refractivity contribution in [3.8, 4) is 0 Å². The van der Waals surface area contributed by atoms with Gasteiger partial charge in [0.15, 0.2) is 0 Å². The maximum absolute atomic E-state index is 6.05. The van der Waals surface area contributed by atoms with Crippen LogP contribution >= 0.6 is 0 Å². The maximum atomic E-state index is 6.05. The van der Waals surface area contributed by atoms with Crippen LogP contribution in [0.5, 0.6) is 0 Å². The molecule has 0 saturated heterocycles. The van der Waals surface area contributed by atoms with Crippen molar-refractivity contribution < 1.29 is 9.26 Å². The minimum Gasteiger partial charge on any atom is -0.370 e. The minimum atomic E-state index is -0.503. The maximum Gasteiger partial charge on any atom is 0.243 e. The van der Waals surface area contributed by atoms with Crippen LogP contribution in [0.1, 0.15) is 58.3 Å². The molecule has 0 saturated carbocycles. The first-order chi connectivity index (χ1) is 7.98. The molecule has 1 aromatic rings. The molecule has 1 aromatic heterocycles. The van der Waals surface area contributed by atoms with Gasteiger partial charge in [-0.25, -0.2) is 0 Å². The summed E-state index contributed by atoms with van der Waals surface area (Å²) in [5.74, 6) is 1.38. The van der Waals surface area contributed by atoms with E-state index in [9.17, 15) is 0 Å². The van der Waals surface area contributed by atoms with E-state index in [2.05, 4.69) is 24.0 Å². The van der Waals surface area contributed by atoms with Gasteiger partial charge in [-0.2, -0.15) is 4.98 Å². The second-order valence-electron chi connectivity index (χ2n) is 4.66. The summed E-state index contributed by atoms with van der Waals surface area (Å²) in [6.07, 6.45) is 1.76. The second kappa shape index (κ2) is 5.60. The molecule has 17 heavy (non-hydrogen) atoms. The van der Waals surface area contributed by atoms with Crippen molar-refractivity contribution in [2.75, 3.05) is 7.11 Å². The summed E-state index contributed by atoms with van der Waals surface area (Å²) in [4.78, 5) is 4.37. The van der Waals surface area contributed by atoms with E-state index in [1.807, 2.05) is 13.8 Å². The molecule has 0 radical (unpaired) electrons. The van der Waals surface area contributed by atoms with E-state index < -0.39 is 5.60 Å². The Morgan fingerprint density at radius 2 is 2.12 bits per heavy atom. The molecule has 0 amide bonds. The van der Waals surface area contributed by atoms with Gasteiger partial charge in [0.1, 0.15) is 5.60 Å². The topological polar surface area (TPSA) is 74.2 Å². The van der Waals surface area contributed by atoms with Crippen molar-refractivity contribution in [1.82, 2.24) is 10.1 Å². The van der Waals surface area contributed by atoms with E-state index >= 15 is 0 Å². The fourth-order valence-corrected chi connectivity index (χ4v) is 1.48. The van der Waals surface area contributed by atoms with E-state index in [4.69, 9.17) is 15.0 Å². The van der Waals surface area contributed by atoms with Gasteiger partial charge in [-0.3, -0.25) is 0 Å². The molecule has 5 nitrogen and oxygen atoms in total. The van der Waals surface area contributed by atoms with Crippen molar-refractivity contribution in [3.63, 3.8) is 0 Å². The number of methoxy groups -OCH3 is 1. The number of rotatable bonds is 6. The largest absolute Gasteiger partial charge is 0.370 e. The number of hydrogen-bond acceptors (Lipinski definition) is 5. The summed E-state index contributed by atoms with van der Waals surface area (Å²) in [5, 5.41) is 3.98. The lowest BCUT2D eigenvalue weighted by Gasteiger charge is -2.22. The first-order valence-electron chi connectivity index (χ1n) is 6.13. The van der Waals surface area contributed by atoms with Crippen LogP contribution in [0.15, 0.2) is 4.52 Å². The normalized spacial score (nSPS) is 18.7. The lowest BCUT2D eigenvalue weighted by atomic mass is 10.00. The fourth-order valence-electron chi connectivity index (χ4n) is 1.48. The SMILES string of the molecule is CC[C@H](C)[C@H](N)c1nc(C(C)(CC)OC)no1. The van der Waals surface area contributed by atoms with Crippen molar-refractivity contribution in [2.45, 2.75) is 52.2 Å². The van der Waals surface area contributed by atoms with Crippen LogP contribution in [-0.4, -0.2) is 17.3 Å².